The average Bonchev–Trinajstić information content (AvgIpc) is 2.30. The first kappa shape index (κ1) is 17.1. The van der Waals surface area contributed by atoms with Gasteiger partial charge in [-0.15, -0.1) is 0 Å². The standard InChI is InChI=1S/C12H15BrFNO4S/c1-7(2)5-10(12(16)17)15-20(18,19)11-6-8(13)3-4-9(11)14/h3-4,6-7,10,15H,5H2,1-2H3,(H,16,17)/t10-/m0/s1. The first-order valence-corrected chi connectivity index (χ1v) is 8.11. The van der Waals surface area contributed by atoms with Gasteiger partial charge in [-0.05, 0) is 30.5 Å². The Morgan fingerprint density at radius 1 is 1.45 bits per heavy atom. The minimum Gasteiger partial charge on any atom is -0.480 e. The number of carboxylic acid groups (broad SMARTS) is 1. The summed E-state index contributed by atoms with van der Waals surface area (Å²) >= 11 is 3.05. The minimum atomic E-state index is -4.24. The second-order valence-corrected chi connectivity index (χ2v) is 7.31. The lowest BCUT2D eigenvalue weighted by Crippen LogP contribution is -2.41. The number of aliphatic carboxylic acids is 1. The van der Waals surface area contributed by atoms with E-state index in [1.165, 1.54) is 6.07 Å². The molecular formula is C12H15BrFNO4S. The molecule has 0 saturated heterocycles. The lowest BCUT2D eigenvalue weighted by atomic mass is 10.1. The molecule has 1 aromatic rings. The van der Waals surface area contributed by atoms with Gasteiger partial charge in [-0.25, -0.2) is 12.8 Å². The largest absolute Gasteiger partial charge is 0.480 e. The van der Waals surface area contributed by atoms with Gasteiger partial charge in [-0.1, -0.05) is 29.8 Å². The van der Waals surface area contributed by atoms with Crippen molar-refractivity contribution in [2.75, 3.05) is 0 Å². The number of nitrogens with one attached hydrogen (secondary N) is 1. The third kappa shape index (κ3) is 4.53. The normalized spacial score (nSPS) is 13.4. The fraction of sp³-hybridized carbons (Fsp3) is 0.417. The number of carboxylic acids is 1. The minimum absolute atomic E-state index is 0.0221. The number of rotatable bonds is 6. The van der Waals surface area contributed by atoms with E-state index in [1.807, 2.05) is 4.72 Å². The number of benzene rings is 1. The molecule has 1 aromatic carbocycles. The number of halogens is 2. The Kier molecular flexibility index (Phi) is 5.67. The van der Waals surface area contributed by atoms with Crippen LogP contribution < -0.4 is 4.72 Å². The molecule has 2 N–H and O–H groups in total. The lowest BCUT2D eigenvalue weighted by Gasteiger charge is -2.17. The van der Waals surface area contributed by atoms with Crippen LogP contribution in [0.5, 0.6) is 0 Å². The van der Waals surface area contributed by atoms with Crippen molar-refractivity contribution in [3.05, 3.63) is 28.5 Å². The Morgan fingerprint density at radius 2 is 2.05 bits per heavy atom. The maximum absolute atomic E-state index is 13.6. The van der Waals surface area contributed by atoms with Crippen LogP contribution in [0.2, 0.25) is 0 Å². The molecular weight excluding hydrogens is 353 g/mol. The zero-order valence-corrected chi connectivity index (χ0v) is 13.3. The van der Waals surface area contributed by atoms with Gasteiger partial charge in [0.25, 0.3) is 0 Å². The third-order valence-corrected chi connectivity index (χ3v) is 4.47. The zero-order chi connectivity index (χ0) is 15.5. The van der Waals surface area contributed by atoms with Gasteiger partial charge >= 0.3 is 5.97 Å². The summed E-state index contributed by atoms with van der Waals surface area (Å²) in [5.74, 6) is -2.25. The Balaban J connectivity index is 3.09. The molecule has 0 heterocycles. The SMILES string of the molecule is CC(C)C[C@H](NS(=O)(=O)c1cc(Br)ccc1F)C(=O)O. The summed E-state index contributed by atoms with van der Waals surface area (Å²) in [5.41, 5.74) is 0. The van der Waals surface area contributed by atoms with E-state index in [4.69, 9.17) is 5.11 Å². The van der Waals surface area contributed by atoms with Gasteiger partial charge in [-0.3, -0.25) is 4.79 Å². The van der Waals surface area contributed by atoms with Crippen LogP contribution in [0.1, 0.15) is 20.3 Å². The van der Waals surface area contributed by atoms with Crippen molar-refractivity contribution >= 4 is 31.9 Å². The summed E-state index contributed by atoms with van der Waals surface area (Å²) in [6.07, 6.45) is 0.115. The maximum Gasteiger partial charge on any atom is 0.321 e. The molecule has 20 heavy (non-hydrogen) atoms. The van der Waals surface area contributed by atoms with Gasteiger partial charge in [0.1, 0.15) is 16.8 Å². The highest BCUT2D eigenvalue weighted by Crippen LogP contribution is 2.20. The predicted molar refractivity (Wildman–Crippen MR) is 75.3 cm³/mol. The van der Waals surface area contributed by atoms with E-state index in [1.54, 1.807) is 13.8 Å². The van der Waals surface area contributed by atoms with Crippen LogP contribution in [-0.4, -0.2) is 25.5 Å². The lowest BCUT2D eigenvalue weighted by molar-refractivity contribution is -0.139. The van der Waals surface area contributed by atoms with E-state index < -0.39 is 32.7 Å². The quantitative estimate of drug-likeness (QED) is 0.808. The summed E-state index contributed by atoms with van der Waals surface area (Å²) < 4.78 is 40.1. The van der Waals surface area contributed by atoms with E-state index >= 15 is 0 Å². The van der Waals surface area contributed by atoms with Crippen LogP contribution in [0.15, 0.2) is 27.6 Å². The van der Waals surface area contributed by atoms with Crippen molar-refractivity contribution < 1.29 is 22.7 Å². The predicted octanol–water partition coefficient (Wildman–Crippen LogP) is 2.37. The molecule has 8 heteroatoms. The molecule has 0 aromatic heterocycles. The van der Waals surface area contributed by atoms with Crippen molar-refractivity contribution in [1.29, 1.82) is 0 Å². The van der Waals surface area contributed by atoms with E-state index in [0.29, 0.717) is 4.47 Å². The van der Waals surface area contributed by atoms with Crippen LogP contribution in [0.25, 0.3) is 0 Å². The highest BCUT2D eigenvalue weighted by molar-refractivity contribution is 9.10. The second kappa shape index (κ2) is 6.64. The average molecular weight is 368 g/mol. The Hall–Kier alpha value is -0.990. The van der Waals surface area contributed by atoms with Crippen molar-refractivity contribution in [3.8, 4) is 0 Å². The summed E-state index contributed by atoms with van der Waals surface area (Å²) in [5, 5.41) is 9.03. The van der Waals surface area contributed by atoms with Crippen LogP contribution in [0.4, 0.5) is 4.39 Å². The molecule has 112 valence electrons. The van der Waals surface area contributed by atoms with Crippen molar-refractivity contribution in [2.24, 2.45) is 5.92 Å². The Bertz CT molecular complexity index is 603. The van der Waals surface area contributed by atoms with Gasteiger partial charge in [0.2, 0.25) is 10.0 Å². The molecule has 1 atom stereocenters. The van der Waals surface area contributed by atoms with Crippen molar-refractivity contribution in [3.63, 3.8) is 0 Å². The summed E-state index contributed by atoms with van der Waals surface area (Å²) in [7, 11) is -4.24. The van der Waals surface area contributed by atoms with Crippen LogP contribution >= 0.6 is 15.9 Å². The third-order valence-electron chi connectivity index (χ3n) is 2.49. The number of carbonyl (C=O) groups is 1. The highest BCUT2D eigenvalue weighted by Gasteiger charge is 2.28. The molecule has 5 nitrogen and oxygen atoms in total. The van der Waals surface area contributed by atoms with Crippen molar-refractivity contribution in [2.45, 2.75) is 31.2 Å². The second-order valence-electron chi connectivity index (χ2n) is 4.72. The van der Waals surface area contributed by atoms with E-state index in [-0.39, 0.29) is 12.3 Å². The summed E-state index contributed by atoms with van der Waals surface area (Å²) in [6.45, 7) is 3.54. The maximum atomic E-state index is 13.6. The molecule has 0 saturated carbocycles. The molecule has 0 aliphatic rings. The van der Waals surface area contributed by atoms with E-state index in [2.05, 4.69) is 15.9 Å². The molecule has 0 amide bonds. The van der Waals surface area contributed by atoms with Gasteiger partial charge in [0, 0.05) is 4.47 Å². The molecule has 0 aliphatic heterocycles. The van der Waals surface area contributed by atoms with E-state index in [0.717, 1.165) is 12.1 Å². The number of hydrogen-bond donors (Lipinski definition) is 2. The number of hydrogen-bond acceptors (Lipinski definition) is 3. The fourth-order valence-electron chi connectivity index (χ4n) is 1.60. The first-order valence-electron chi connectivity index (χ1n) is 5.83. The first-order chi connectivity index (χ1) is 9.13. The highest BCUT2D eigenvalue weighted by atomic mass is 79.9. The van der Waals surface area contributed by atoms with Gasteiger partial charge in [0.05, 0.1) is 0 Å². The van der Waals surface area contributed by atoms with Gasteiger partial charge in [0.15, 0.2) is 0 Å². The molecule has 0 bridgehead atoms. The molecule has 1 rings (SSSR count). The number of sulfonamides is 1. The van der Waals surface area contributed by atoms with Crippen molar-refractivity contribution in [1.82, 2.24) is 4.72 Å². The summed E-state index contributed by atoms with van der Waals surface area (Å²) in [4.78, 5) is 10.5. The fourth-order valence-corrected chi connectivity index (χ4v) is 3.42. The zero-order valence-electron chi connectivity index (χ0n) is 10.9. The van der Waals surface area contributed by atoms with Gasteiger partial charge < -0.3 is 5.11 Å². The molecule has 0 fully saturated rings. The molecule has 0 aliphatic carbocycles. The van der Waals surface area contributed by atoms with E-state index in [9.17, 15) is 17.6 Å². The Morgan fingerprint density at radius 3 is 2.55 bits per heavy atom. The Labute approximate surface area is 125 Å². The molecule has 0 spiro atoms. The summed E-state index contributed by atoms with van der Waals surface area (Å²) in [6, 6.07) is 2.15. The molecule has 0 radical (unpaired) electrons. The van der Waals surface area contributed by atoms with Gasteiger partial charge in [-0.2, -0.15) is 4.72 Å². The topological polar surface area (TPSA) is 83.5 Å². The van der Waals surface area contributed by atoms with Crippen LogP contribution in [0, 0.1) is 11.7 Å². The molecule has 0 unspecified atom stereocenters. The van der Waals surface area contributed by atoms with Crippen LogP contribution in [0.3, 0.4) is 0 Å². The van der Waals surface area contributed by atoms with Crippen LogP contribution in [-0.2, 0) is 14.8 Å². The smallest absolute Gasteiger partial charge is 0.321 e. The monoisotopic (exact) mass is 367 g/mol.